The highest BCUT2D eigenvalue weighted by Gasteiger charge is 2.36. The van der Waals surface area contributed by atoms with Gasteiger partial charge >= 0.3 is 0 Å². The Balaban J connectivity index is 1.75. The number of methoxy groups -OCH3 is 1. The SMILES string of the molecule is CC[C@@H](C)Oc1c(Cl)cc(/C=C2/SC(=O)N(CC(=O)Nc3ccc(C)c(C)c3)C2=O)cc1OC. The Morgan fingerprint density at radius 2 is 1.94 bits per heavy atom. The third kappa shape index (κ3) is 5.93. The molecular weight excluding hydrogens is 476 g/mol. The number of anilines is 1. The second kappa shape index (κ2) is 11.0. The Hall–Kier alpha value is -2.97. The number of amides is 3. The third-order valence-corrected chi connectivity index (χ3v) is 6.60. The highest BCUT2D eigenvalue weighted by atomic mass is 35.5. The molecule has 9 heteroatoms. The van der Waals surface area contributed by atoms with E-state index in [9.17, 15) is 14.4 Å². The van der Waals surface area contributed by atoms with Crippen LogP contribution < -0.4 is 14.8 Å². The van der Waals surface area contributed by atoms with E-state index in [0.717, 1.165) is 34.2 Å². The molecule has 3 rings (SSSR count). The van der Waals surface area contributed by atoms with Crippen LogP contribution >= 0.6 is 23.4 Å². The van der Waals surface area contributed by atoms with Crippen LogP contribution in [0.25, 0.3) is 6.08 Å². The van der Waals surface area contributed by atoms with Gasteiger partial charge in [0.25, 0.3) is 11.1 Å². The molecule has 1 heterocycles. The smallest absolute Gasteiger partial charge is 0.294 e. The van der Waals surface area contributed by atoms with E-state index in [-0.39, 0.29) is 17.6 Å². The van der Waals surface area contributed by atoms with Gasteiger partial charge < -0.3 is 14.8 Å². The van der Waals surface area contributed by atoms with Gasteiger partial charge in [0, 0.05) is 5.69 Å². The molecule has 2 aromatic rings. The lowest BCUT2D eigenvalue weighted by molar-refractivity contribution is -0.127. The summed E-state index contributed by atoms with van der Waals surface area (Å²) in [6.45, 7) is 7.47. The lowest BCUT2D eigenvalue weighted by atomic mass is 10.1. The number of carbonyl (C=O) groups excluding carboxylic acids is 3. The zero-order valence-corrected chi connectivity index (χ0v) is 21.3. The molecule has 1 aliphatic heterocycles. The van der Waals surface area contributed by atoms with Crippen LogP contribution in [0, 0.1) is 13.8 Å². The molecule has 1 aliphatic rings. The zero-order chi connectivity index (χ0) is 25.0. The predicted octanol–water partition coefficient (Wildman–Crippen LogP) is 5.82. The molecular formula is C25H27ClN2O5S. The molecule has 3 amide bonds. The van der Waals surface area contributed by atoms with Crippen LogP contribution in [0.15, 0.2) is 35.2 Å². The molecule has 0 saturated carbocycles. The number of nitrogens with zero attached hydrogens (tertiary/aromatic N) is 1. The summed E-state index contributed by atoms with van der Waals surface area (Å²) in [6.07, 6.45) is 2.29. The number of carbonyl (C=O) groups is 3. The average molecular weight is 503 g/mol. The van der Waals surface area contributed by atoms with Crippen molar-refractivity contribution in [3.05, 3.63) is 56.9 Å². The van der Waals surface area contributed by atoms with E-state index in [1.807, 2.05) is 39.8 Å². The molecule has 1 saturated heterocycles. The zero-order valence-electron chi connectivity index (χ0n) is 19.7. The van der Waals surface area contributed by atoms with Crippen molar-refractivity contribution < 1.29 is 23.9 Å². The number of nitrogens with one attached hydrogen (secondary N) is 1. The van der Waals surface area contributed by atoms with E-state index in [2.05, 4.69) is 5.32 Å². The van der Waals surface area contributed by atoms with Crippen molar-refractivity contribution >= 4 is 52.2 Å². The average Bonchev–Trinajstić information content (AvgIpc) is 3.04. The standard InChI is InChI=1S/C25H27ClN2O5S/c1-6-16(4)33-23-19(26)10-17(11-20(23)32-5)12-21-24(30)28(25(31)34-21)13-22(29)27-18-8-7-14(2)15(3)9-18/h7-12,16H,6,13H2,1-5H3,(H,27,29)/b21-12+/t16-/m1/s1. The van der Waals surface area contributed by atoms with Gasteiger partial charge in [-0.3, -0.25) is 19.3 Å². The fourth-order valence-electron chi connectivity index (χ4n) is 3.17. The summed E-state index contributed by atoms with van der Waals surface area (Å²) < 4.78 is 11.3. The lowest BCUT2D eigenvalue weighted by Gasteiger charge is -2.17. The molecule has 7 nitrogen and oxygen atoms in total. The first-order chi connectivity index (χ1) is 16.1. The lowest BCUT2D eigenvalue weighted by Crippen LogP contribution is -2.36. The van der Waals surface area contributed by atoms with E-state index in [4.69, 9.17) is 21.1 Å². The van der Waals surface area contributed by atoms with Crippen LogP contribution in [-0.4, -0.2) is 41.7 Å². The first kappa shape index (κ1) is 25.6. The molecule has 34 heavy (non-hydrogen) atoms. The summed E-state index contributed by atoms with van der Waals surface area (Å²) in [5, 5.41) is 2.55. The Morgan fingerprint density at radius 1 is 1.21 bits per heavy atom. The van der Waals surface area contributed by atoms with Gasteiger partial charge in [-0.05, 0) is 86.0 Å². The van der Waals surface area contributed by atoms with Crippen LogP contribution in [0.5, 0.6) is 11.5 Å². The van der Waals surface area contributed by atoms with E-state index in [1.165, 1.54) is 7.11 Å². The van der Waals surface area contributed by atoms with Crippen LogP contribution in [0.2, 0.25) is 5.02 Å². The number of imide groups is 1. The minimum Gasteiger partial charge on any atom is -0.493 e. The number of hydrogen-bond acceptors (Lipinski definition) is 6. The maximum Gasteiger partial charge on any atom is 0.294 e. The molecule has 0 aromatic heterocycles. The van der Waals surface area contributed by atoms with Gasteiger partial charge in [-0.2, -0.15) is 0 Å². The molecule has 1 atom stereocenters. The van der Waals surface area contributed by atoms with Crippen LogP contribution in [-0.2, 0) is 9.59 Å². The van der Waals surface area contributed by atoms with Gasteiger partial charge in [0.05, 0.1) is 23.1 Å². The van der Waals surface area contributed by atoms with Gasteiger partial charge in [-0.15, -0.1) is 0 Å². The maximum atomic E-state index is 12.8. The highest BCUT2D eigenvalue weighted by molar-refractivity contribution is 8.18. The first-order valence-electron chi connectivity index (χ1n) is 10.8. The van der Waals surface area contributed by atoms with E-state index >= 15 is 0 Å². The van der Waals surface area contributed by atoms with Crippen LogP contribution in [0.1, 0.15) is 37.0 Å². The monoisotopic (exact) mass is 502 g/mol. The Bertz CT molecular complexity index is 1160. The molecule has 1 N–H and O–H groups in total. The molecule has 0 unspecified atom stereocenters. The predicted molar refractivity (Wildman–Crippen MR) is 136 cm³/mol. The van der Waals surface area contributed by atoms with Crippen LogP contribution in [0.3, 0.4) is 0 Å². The van der Waals surface area contributed by atoms with Gasteiger partial charge in [0.15, 0.2) is 11.5 Å². The molecule has 0 bridgehead atoms. The van der Waals surface area contributed by atoms with Crippen molar-refractivity contribution in [1.29, 1.82) is 0 Å². The number of rotatable bonds is 8. The Labute approximate surface area is 208 Å². The number of halogens is 1. The quantitative estimate of drug-likeness (QED) is 0.458. The van der Waals surface area contributed by atoms with Crippen molar-refractivity contribution in [2.75, 3.05) is 19.0 Å². The van der Waals surface area contributed by atoms with E-state index < -0.39 is 17.1 Å². The van der Waals surface area contributed by atoms with Gasteiger partial charge in [0.2, 0.25) is 5.91 Å². The largest absolute Gasteiger partial charge is 0.493 e. The summed E-state index contributed by atoms with van der Waals surface area (Å²) in [5.74, 6) is -0.152. The van der Waals surface area contributed by atoms with E-state index in [0.29, 0.717) is 27.8 Å². The Kier molecular flexibility index (Phi) is 8.28. The molecule has 1 fully saturated rings. The number of aryl methyl sites for hydroxylation is 2. The topological polar surface area (TPSA) is 84.9 Å². The van der Waals surface area contributed by atoms with Crippen molar-refractivity contribution in [3.8, 4) is 11.5 Å². The van der Waals surface area contributed by atoms with Gasteiger partial charge in [-0.1, -0.05) is 24.6 Å². The maximum absolute atomic E-state index is 12.8. The summed E-state index contributed by atoms with van der Waals surface area (Å²) >= 11 is 7.17. The Morgan fingerprint density at radius 3 is 2.59 bits per heavy atom. The van der Waals surface area contributed by atoms with E-state index in [1.54, 1.807) is 24.3 Å². The van der Waals surface area contributed by atoms with Gasteiger partial charge in [-0.25, -0.2) is 0 Å². The fraction of sp³-hybridized carbons (Fsp3) is 0.320. The molecule has 0 aliphatic carbocycles. The minimum atomic E-state index is -0.541. The highest BCUT2D eigenvalue weighted by Crippen LogP contribution is 2.39. The fourth-order valence-corrected chi connectivity index (χ4v) is 4.27. The number of thioether (sulfide) groups is 1. The summed E-state index contributed by atoms with van der Waals surface area (Å²) in [6, 6.07) is 8.84. The second-order valence-corrected chi connectivity index (χ2v) is 9.39. The second-order valence-electron chi connectivity index (χ2n) is 7.99. The minimum absolute atomic E-state index is 0.0521. The van der Waals surface area contributed by atoms with Crippen molar-refractivity contribution in [2.45, 2.75) is 40.2 Å². The number of hydrogen-bond donors (Lipinski definition) is 1. The molecule has 0 spiro atoms. The summed E-state index contributed by atoms with van der Waals surface area (Å²) in [5.41, 5.74) is 3.31. The molecule has 180 valence electrons. The number of benzene rings is 2. The first-order valence-corrected chi connectivity index (χ1v) is 12.0. The number of ether oxygens (including phenoxy) is 2. The van der Waals surface area contributed by atoms with Crippen LogP contribution in [0.4, 0.5) is 10.5 Å². The van der Waals surface area contributed by atoms with Crippen molar-refractivity contribution in [1.82, 2.24) is 4.90 Å². The third-order valence-electron chi connectivity index (χ3n) is 5.41. The van der Waals surface area contributed by atoms with Crippen molar-refractivity contribution in [3.63, 3.8) is 0 Å². The summed E-state index contributed by atoms with van der Waals surface area (Å²) in [7, 11) is 1.50. The molecule has 0 radical (unpaired) electrons. The normalized spacial score (nSPS) is 15.6. The molecule has 2 aromatic carbocycles. The summed E-state index contributed by atoms with van der Waals surface area (Å²) in [4.78, 5) is 38.9. The van der Waals surface area contributed by atoms with Gasteiger partial charge in [0.1, 0.15) is 6.54 Å². The van der Waals surface area contributed by atoms with Crippen molar-refractivity contribution in [2.24, 2.45) is 0 Å².